The van der Waals surface area contributed by atoms with Gasteiger partial charge in [-0.1, -0.05) is 0 Å². The van der Waals surface area contributed by atoms with E-state index >= 15 is 0 Å². The highest BCUT2D eigenvalue weighted by Gasteiger charge is 2.27. The Bertz CT molecular complexity index is 415. The zero-order valence-corrected chi connectivity index (χ0v) is 11.6. The largest absolute Gasteiger partial charge is 0.377 e. The zero-order chi connectivity index (χ0) is 13.2. The molecular formula is C13H22N4O. The van der Waals surface area contributed by atoms with Gasteiger partial charge in [-0.2, -0.15) is 0 Å². The molecule has 0 spiro atoms. The standard InChI is InChI=1S/C13H22N4O/c1-13(2,18-4)8-15-11-7-10(14-3)16-12(17-11)9-5-6-9/h7,9H,5-6,8H2,1-4H3,(H2,14,15,16,17). The predicted octanol–water partition coefficient (Wildman–Crippen LogP) is 2.23. The van der Waals surface area contributed by atoms with E-state index in [1.807, 2.05) is 27.0 Å². The van der Waals surface area contributed by atoms with Gasteiger partial charge in [-0.15, -0.1) is 0 Å². The number of nitrogens with zero attached hydrogens (tertiary/aromatic N) is 2. The molecule has 5 heteroatoms. The van der Waals surface area contributed by atoms with Crippen molar-refractivity contribution in [3.63, 3.8) is 0 Å². The lowest BCUT2D eigenvalue weighted by Crippen LogP contribution is -2.32. The summed E-state index contributed by atoms with van der Waals surface area (Å²) < 4.78 is 5.38. The van der Waals surface area contributed by atoms with Crippen molar-refractivity contribution < 1.29 is 4.74 Å². The van der Waals surface area contributed by atoms with E-state index in [1.54, 1.807) is 7.11 Å². The molecule has 1 aliphatic carbocycles. The average molecular weight is 250 g/mol. The molecule has 0 amide bonds. The molecule has 2 rings (SSSR count). The Morgan fingerprint density at radius 1 is 1.33 bits per heavy atom. The normalized spacial score (nSPS) is 15.6. The van der Waals surface area contributed by atoms with Crippen LogP contribution in [0.15, 0.2) is 6.07 Å². The summed E-state index contributed by atoms with van der Waals surface area (Å²) in [5, 5.41) is 6.40. The summed E-state index contributed by atoms with van der Waals surface area (Å²) in [5.74, 6) is 3.22. The van der Waals surface area contributed by atoms with Gasteiger partial charge in [0.1, 0.15) is 17.5 Å². The summed E-state index contributed by atoms with van der Waals surface area (Å²) in [4.78, 5) is 9.05. The molecule has 1 aliphatic rings. The minimum atomic E-state index is -0.204. The molecular weight excluding hydrogens is 228 g/mol. The SMILES string of the molecule is CNc1cc(NCC(C)(C)OC)nc(C2CC2)n1. The molecule has 0 bridgehead atoms. The molecule has 2 N–H and O–H groups in total. The Morgan fingerprint density at radius 3 is 2.56 bits per heavy atom. The lowest BCUT2D eigenvalue weighted by Gasteiger charge is -2.23. The molecule has 0 radical (unpaired) electrons. The smallest absolute Gasteiger partial charge is 0.136 e. The van der Waals surface area contributed by atoms with Crippen LogP contribution in [0.3, 0.4) is 0 Å². The first-order chi connectivity index (χ1) is 8.54. The van der Waals surface area contributed by atoms with E-state index in [9.17, 15) is 0 Å². The van der Waals surface area contributed by atoms with Crippen LogP contribution in [0, 0.1) is 0 Å². The molecule has 0 unspecified atom stereocenters. The van der Waals surface area contributed by atoms with Gasteiger partial charge in [0.2, 0.25) is 0 Å². The lowest BCUT2D eigenvalue weighted by molar-refractivity contribution is 0.0343. The molecule has 0 aliphatic heterocycles. The first-order valence-electron chi connectivity index (χ1n) is 6.40. The van der Waals surface area contributed by atoms with Gasteiger partial charge in [-0.3, -0.25) is 0 Å². The molecule has 1 saturated carbocycles. The maximum atomic E-state index is 5.38. The van der Waals surface area contributed by atoms with Crippen LogP contribution >= 0.6 is 0 Å². The third kappa shape index (κ3) is 3.32. The molecule has 1 aromatic rings. The van der Waals surface area contributed by atoms with Crippen LogP contribution < -0.4 is 10.6 Å². The molecule has 100 valence electrons. The van der Waals surface area contributed by atoms with Gasteiger partial charge in [-0.05, 0) is 26.7 Å². The fraction of sp³-hybridized carbons (Fsp3) is 0.692. The fourth-order valence-electron chi connectivity index (χ4n) is 1.58. The Hall–Kier alpha value is -1.36. The molecule has 0 saturated heterocycles. The van der Waals surface area contributed by atoms with E-state index in [1.165, 1.54) is 12.8 Å². The van der Waals surface area contributed by atoms with E-state index in [0.717, 1.165) is 17.5 Å². The number of nitrogens with one attached hydrogen (secondary N) is 2. The predicted molar refractivity (Wildman–Crippen MR) is 73.1 cm³/mol. The number of hydrogen-bond donors (Lipinski definition) is 2. The van der Waals surface area contributed by atoms with Crippen molar-refractivity contribution in [3.8, 4) is 0 Å². The third-order valence-electron chi connectivity index (χ3n) is 3.19. The Kier molecular flexibility index (Phi) is 3.71. The van der Waals surface area contributed by atoms with Crippen LogP contribution in [0.25, 0.3) is 0 Å². The highest BCUT2D eigenvalue weighted by Crippen LogP contribution is 2.38. The van der Waals surface area contributed by atoms with Crippen molar-refractivity contribution in [2.24, 2.45) is 0 Å². The van der Waals surface area contributed by atoms with Gasteiger partial charge < -0.3 is 15.4 Å². The van der Waals surface area contributed by atoms with E-state index < -0.39 is 0 Å². The number of ether oxygens (including phenoxy) is 1. The van der Waals surface area contributed by atoms with Crippen LogP contribution in [0.5, 0.6) is 0 Å². The van der Waals surface area contributed by atoms with Crippen LogP contribution in [-0.4, -0.2) is 36.3 Å². The molecule has 18 heavy (non-hydrogen) atoms. The van der Waals surface area contributed by atoms with E-state index in [4.69, 9.17) is 4.74 Å². The average Bonchev–Trinajstić information content (AvgIpc) is 3.20. The van der Waals surface area contributed by atoms with E-state index in [0.29, 0.717) is 12.5 Å². The maximum Gasteiger partial charge on any atom is 0.136 e. The minimum Gasteiger partial charge on any atom is -0.377 e. The topological polar surface area (TPSA) is 59.1 Å². The van der Waals surface area contributed by atoms with Crippen LogP contribution in [0.1, 0.15) is 38.4 Å². The van der Waals surface area contributed by atoms with Crippen molar-refractivity contribution in [1.29, 1.82) is 0 Å². The maximum absolute atomic E-state index is 5.38. The van der Waals surface area contributed by atoms with Gasteiger partial charge in [0.25, 0.3) is 0 Å². The molecule has 5 nitrogen and oxygen atoms in total. The van der Waals surface area contributed by atoms with Gasteiger partial charge >= 0.3 is 0 Å². The van der Waals surface area contributed by atoms with Crippen molar-refractivity contribution in [2.75, 3.05) is 31.3 Å². The second-order valence-corrected chi connectivity index (χ2v) is 5.34. The minimum absolute atomic E-state index is 0.204. The highest BCUT2D eigenvalue weighted by atomic mass is 16.5. The zero-order valence-electron chi connectivity index (χ0n) is 11.6. The number of methoxy groups -OCH3 is 1. The number of anilines is 2. The highest BCUT2D eigenvalue weighted by molar-refractivity contribution is 5.48. The van der Waals surface area contributed by atoms with Crippen LogP contribution in [0.2, 0.25) is 0 Å². The summed E-state index contributed by atoms with van der Waals surface area (Å²) in [6, 6.07) is 1.93. The fourth-order valence-corrected chi connectivity index (χ4v) is 1.58. The lowest BCUT2D eigenvalue weighted by atomic mass is 10.1. The summed E-state index contributed by atoms with van der Waals surface area (Å²) in [7, 11) is 3.60. The Balaban J connectivity index is 2.09. The number of aromatic nitrogens is 2. The second-order valence-electron chi connectivity index (χ2n) is 5.34. The number of rotatable bonds is 6. The van der Waals surface area contributed by atoms with Crippen molar-refractivity contribution >= 4 is 11.6 Å². The van der Waals surface area contributed by atoms with E-state index in [2.05, 4.69) is 20.6 Å². The Labute approximate surface area is 108 Å². The van der Waals surface area contributed by atoms with Gasteiger partial charge in [0.15, 0.2) is 0 Å². The monoisotopic (exact) mass is 250 g/mol. The summed E-state index contributed by atoms with van der Waals surface area (Å²) in [6.07, 6.45) is 2.41. The Morgan fingerprint density at radius 2 is 2.00 bits per heavy atom. The van der Waals surface area contributed by atoms with Crippen LogP contribution in [0.4, 0.5) is 11.6 Å². The summed E-state index contributed by atoms with van der Waals surface area (Å²) in [6.45, 7) is 4.80. The third-order valence-corrected chi connectivity index (χ3v) is 3.19. The quantitative estimate of drug-likeness (QED) is 0.811. The van der Waals surface area contributed by atoms with Gasteiger partial charge in [0.05, 0.1) is 5.60 Å². The van der Waals surface area contributed by atoms with Crippen molar-refractivity contribution in [3.05, 3.63) is 11.9 Å². The molecule has 1 fully saturated rings. The van der Waals surface area contributed by atoms with Crippen molar-refractivity contribution in [1.82, 2.24) is 9.97 Å². The summed E-state index contributed by atoms with van der Waals surface area (Å²) >= 11 is 0. The molecule has 0 atom stereocenters. The molecule has 1 heterocycles. The summed E-state index contributed by atoms with van der Waals surface area (Å²) in [5.41, 5.74) is -0.204. The molecule has 1 aromatic heterocycles. The van der Waals surface area contributed by atoms with Crippen molar-refractivity contribution in [2.45, 2.75) is 38.2 Å². The molecule has 0 aromatic carbocycles. The first-order valence-corrected chi connectivity index (χ1v) is 6.40. The number of hydrogen-bond acceptors (Lipinski definition) is 5. The second kappa shape index (κ2) is 5.10. The van der Waals surface area contributed by atoms with Gasteiger partial charge in [0, 0.05) is 32.7 Å². The van der Waals surface area contributed by atoms with Crippen LogP contribution in [-0.2, 0) is 4.74 Å². The van der Waals surface area contributed by atoms with Gasteiger partial charge in [-0.25, -0.2) is 9.97 Å². The first kappa shape index (κ1) is 13.1. The van der Waals surface area contributed by atoms with E-state index in [-0.39, 0.29) is 5.60 Å².